The predicted molar refractivity (Wildman–Crippen MR) is 96.4 cm³/mol. The Morgan fingerprint density at radius 1 is 1.20 bits per heavy atom. The maximum Gasteiger partial charge on any atom is 0.231 e. The molecule has 0 aromatic heterocycles. The Balaban J connectivity index is 1.52. The maximum absolute atomic E-state index is 13.4. The molecule has 1 saturated heterocycles. The third-order valence-corrected chi connectivity index (χ3v) is 6.85. The molecular weight excluding hydrogens is 314 g/mol. The second-order valence-electron chi connectivity index (χ2n) is 7.85. The van der Waals surface area contributed by atoms with E-state index in [0.29, 0.717) is 19.3 Å². The van der Waals surface area contributed by atoms with Crippen LogP contribution in [0.3, 0.4) is 0 Å². The van der Waals surface area contributed by atoms with E-state index >= 15 is 0 Å². The van der Waals surface area contributed by atoms with Crippen LogP contribution in [0.4, 0.5) is 0 Å². The number of rotatable bonds is 5. The quantitative estimate of drug-likeness (QED) is 0.893. The van der Waals surface area contributed by atoms with Gasteiger partial charge in [-0.2, -0.15) is 0 Å². The van der Waals surface area contributed by atoms with Gasteiger partial charge >= 0.3 is 0 Å². The van der Waals surface area contributed by atoms with Crippen molar-refractivity contribution in [3.05, 3.63) is 35.9 Å². The highest BCUT2D eigenvalue weighted by Gasteiger charge is 2.60. The number of amides is 1. The van der Waals surface area contributed by atoms with Gasteiger partial charge in [-0.15, -0.1) is 0 Å². The Bertz CT molecular complexity index is 605. The lowest BCUT2D eigenvalue weighted by Gasteiger charge is -2.61. The zero-order valence-corrected chi connectivity index (χ0v) is 15.1. The van der Waals surface area contributed by atoms with Crippen LogP contribution in [0, 0.1) is 5.41 Å². The second-order valence-corrected chi connectivity index (χ2v) is 7.85. The highest BCUT2D eigenvalue weighted by molar-refractivity contribution is 5.88. The third-order valence-electron chi connectivity index (χ3n) is 6.85. The zero-order chi connectivity index (χ0) is 17.3. The van der Waals surface area contributed by atoms with Crippen LogP contribution >= 0.6 is 0 Å². The summed E-state index contributed by atoms with van der Waals surface area (Å²) in [6.07, 6.45) is 6.44. The van der Waals surface area contributed by atoms with E-state index in [2.05, 4.69) is 24.4 Å². The molecule has 2 atom stereocenters. The topological polar surface area (TPSA) is 47.6 Å². The van der Waals surface area contributed by atoms with Gasteiger partial charge in [0.1, 0.15) is 0 Å². The van der Waals surface area contributed by atoms with Crippen LogP contribution in [0.2, 0.25) is 0 Å². The van der Waals surface area contributed by atoms with E-state index in [1.54, 1.807) is 0 Å². The van der Waals surface area contributed by atoms with Crippen LogP contribution in [0.15, 0.2) is 30.3 Å². The Labute approximate surface area is 150 Å². The van der Waals surface area contributed by atoms with Crippen molar-refractivity contribution in [1.82, 2.24) is 5.32 Å². The van der Waals surface area contributed by atoms with Gasteiger partial charge in [0.05, 0.1) is 11.5 Å². The summed E-state index contributed by atoms with van der Waals surface area (Å²) in [6.45, 7) is 4.13. The van der Waals surface area contributed by atoms with Crippen LogP contribution < -0.4 is 5.32 Å². The second kappa shape index (κ2) is 6.73. The number of ether oxygens (including phenoxy) is 2. The van der Waals surface area contributed by atoms with Gasteiger partial charge in [-0.25, -0.2) is 0 Å². The highest BCUT2D eigenvalue weighted by Crippen LogP contribution is 2.57. The van der Waals surface area contributed by atoms with Crippen molar-refractivity contribution in [2.45, 2.75) is 63.0 Å². The van der Waals surface area contributed by atoms with Crippen LogP contribution in [0.1, 0.15) is 51.0 Å². The summed E-state index contributed by atoms with van der Waals surface area (Å²) in [5.74, 6) is 0.188. The molecule has 1 N–H and O–H groups in total. The van der Waals surface area contributed by atoms with Gasteiger partial charge in [-0.1, -0.05) is 36.8 Å². The van der Waals surface area contributed by atoms with E-state index in [0.717, 1.165) is 31.4 Å². The molecule has 4 nitrogen and oxygen atoms in total. The molecule has 1 aliphatic heterocycles. The molecule has 1 aromatic carbocycles. The van der Waals surface area contributed by atoms with Gasteiger partial charge in [0, 0.05) is 31.3 Å². The van der Waals surface area contributed by atoms with Crippen LogP contribution in [0.5, 0.6) is 0 Å². The molecule has 0 unspecified atom stereocenters. The minimum Gasteiger partial charge on any atom is -0.381 e. The number of carbonyl (C=O) groups excluding carboxylic acids is 1. The van der Waals surface area contributed by atoms with Crippen molar-refractivity contribution in [2.75, 3.05) is 19.8 Å². The lowest BCUT2D eigenvalue weighted by Crippen LogP contribution is -2.69. The number of benzene rings is 1. The average Bonchev–Trinajstić information content (AvgIpc) is 2.60. The SMILES string of the molecule is CCO[C@H]1C[C@H](NC(=O)C2(c3ccccc3)CCOCC2)C12CCC2. The average molecular weight is 343 g/mol. The molecule has 0 radical (unpaired) electrons. The summed E-state index contributed by atoms with van der Waals surface area (Å²) in [5, 5.41) is 3.43. The maximum atomic E-state index is 13.4. The van der Waals surface area contributed by atoms with Crippen molar-refractivity contribution in [3.63, 3.8) is 0 Å². The molecule has 3 aliphatic rings. The third kappa shape index (κ3) is 2.70. The molecular formula is C21H29NO3. The first-order valence-electron chi connectivity index (χ1n) is 9.77. The monoisotopic (exact) mass is 343 g/mol. The predicted octanol–water partition coefficient (Wildman–Crippen LogP) is 3.20. The molecule has 3 fully saturated rings. The summed E-state index contributed by atoms with van der Waals surface area (Å²) < 4.78 is 11.5. The van der Waals surface area contributed by atoms with E-state index in [1.165, 1.54) is 19.3 Å². The summed E-state index contributed by atoms with van der Waals surface area (Å²) in [4.78, 5) is 13.4. The largest absolute Gasteiger partial charge is 0.381 e. The zero-order valence-electron chi connectivity index (χ0n) is 15.1. The summed E-state index contributed by atoms with van der Waals surface area (Å²) in [7, 11) is 0. The number of carbonyl (C=O) groups is 1. The summed E-state index contributed by atoms with van der Waals surface area (Å²) in [6, 6.07) is 10.5. The van der Waals surface area contributed by atoms with Crippen LogP contribution in [-0.2, 0) is 19.7 Å². The molecule has 0 bridgehead atoms. The molecule has 1 spiro atoms. The van der Waals surface area contributed by atoms with Crippen LogP contribution in [0.25, 0.3) is 0 Å². The molecule has 1 heterocycles. The Kier molecular flexibility index (Phi) is 4.59. The van der Waals surface area contributed by atoms with Gasteiger partial charge in [-0.3, -0.25) is 4.79 Å². The smallest absolute Gasteiger partial charge is 0.231 e. The first-order valence-corrected chi connectivity index (χ1v) is 9.77. The molecule has 4 heteroatoms. The molecule has 4 rings (SSSR count). The van der Waals surface area contributed by atoms with Crippen molar-refractivity contribution < 1.29 is 14.3 Å². The molecule has 2 saturated carbocycles. The minimum atomic E-state index is -0.443. The van der Waals surface area contributed by atoms with Crippen molar-refractivity contribution in [2.24, 2.45) is 5.41 Å². The van der Waals surface area contributed by atoms with Gasteiger partial charge in [-0.05, 0) is 44.6 Å². The molecule has 136 valence electrons. The Morgan fingerprint density at radius 2 is 1.92 bits per heavy atom. The van der Waals surface area contributed by atoms with Gasteiger partial charge in [0.25, 0.3) is 0 Å². The first-order chi connectivity index (χ1) is 12.2. The fourth-order valence-corrected chi connectivity index (χ4v) is 5.06. The number of hydrogen-bond donors (Lipinski definition) is 1. The van der Waals surface area contributed by atoms with Crippen molar-refractivity contribution in [1.29, 1.82) is 0 Å². The molecule has 2 aliphatic carbocycles. The van der Waals surface area contributed by atoms with E-state index in [-0.39, 0.29) is 17.4 Å². The van der Waals surface area contributed by atoms with Gasteiger partial charge in [0.15, 0.2) is 0 Å². The van der Waals surface area contributed by atoms with E-state index in [4.69, 9.17) is 9.47 Å². The lowest BCUT2D eigenvalue weighted by molar-refractivity contribution is -0.178. The van der Waals surface area contributed by atoms with Gasteiger partial charge in [0.2, 0.25) is 5.91 Å². The van der Waals surface area contributed by atoms with Crippen molar-refractivity contribution >= 4 is 5.91 Å². The number of nitrogens with one attached hydrogen (secondary N) is 1. The summed E-state index contributed by atoms with van der Waals surface area (Å²) in [5.41, 5.74) is 0.884. The molecule has 1 amide bonds. The lowest BCUT2D eigenvalue weighted by atomic mass is 9.50. The fourth-order valence-electron chi connectivity index (χ4n) is 5.06. The van der Waals surface area contributed by atoms with E-state index in [9.17, 15) is 4.79 Å². The molecule has 1 aromatic rings. The normalized spacial score (nSPS) is 29.5. The summed E-state index contributed by atoms with van der Waals surface area (Å²) >= 11 is 0. The standard InChI is InChI=1S/C21H29NO3/c1-2-25-18-15-17(21(18)9-6-10-21)22-19(23)20(11-13-24-14-12-20)16-7-4-3-5-8-16/h3-5,7-8,17-18H,2,6,9-15H2,1H3,(H,22,23)/t17-,18-/m0/s1. The van der Waals surface area contributed by atoms with E-state index < -0.39 is 5.41 Å². The fraction of sp³-hybridized carbons (Fsp3) is 0.667. The van der Waals surface area contributed by atoms with Crippen LogP contribution in [-0.4, -0.2) is 37.9 Å². The first kappa shape index (κ1) is 17.0. The number of hydrogen-bond acceptors (Lipinski definition) is 3. The van der Waals surface area contributed by atoms with Crippen molar-refractivity contribution in [3.8, 4) is 0 Å². The van der Waals surface area contributed by atoms with Gasteiger partial charge < -0.3 is 14.8 Å². The van der Waals surface area contributed by atoms with E-state index in [1.807, 2.05) is 18.2 Å². The Morgan fingerprint density at radius 3 is 2.52 bits per heavy atom. The highest BCUT2D eigenvalue weighted by atomic mass is 16.5. The molecule has 25 heavy (non-hydrogen) atoms. The Hall–Kier alpha value is -1.39. The minimum absolute atomic E-state index is 0.188.